The largest absolute Gasteiger partial charge is 0.337 e. The van der Waals surface area contributed by atoms with Crippen molar-refractivity contribution in [2.24, 2.45) is 5.92 Å². The van der Waals surface area contributed by atoms with Crippen molar-refractivity contribution in [2.45, 2.75) is 38.4 Å². The van der Waals surface area contributed by atoms with Gasteiger partial charge in [-0.15, -0.1) is 10.2 Å². The first-order valence-electron chi connectivity index (χ1n) is 9.62. The van der Waals surface area contributed by atoms with E-state index in [9.17, 15) is 10.1 Å². The Morgan fingerprint density at radius 2 is 1.93 bits per heavy atom. The highest BCUT2D eigenvalue weighted by Gasteiger charge is 2.30. The Labute approximate surface area is 180 Å². The highest BCUT2D eigenvalue weighted by Crippen LogP contribution is 2.29. The van der Waals surface area contributed by atoms with Gasteiger partial charge in [0.15, 0.2) is 11.0 Å². The zero-order valence-corrected chi connectivity index (χ0v) is 18.3. The van der Waals surface area contributed by atoms with Gasteiger partial charge in [-0.1, -0.05) is 43.8 Å². The molecule has 1 unspecified atom stereocenters. The first-order valence-corrected chi connectivity index (χ1v) is 10.6. The second-order valence-corrected chi connectivity index (χ2v) is 8.41. The number of hydrogen-bond acceptors (Lipinski definition) is 6. The SMILES string of the molecule is Cc1ccccc1-n1c(SCC(=O)NC(C)(C#N)C(C)C)nnc1-c1ccncc1. The molecule has 1 atom stereocenters. The van der Waals surface area contributed by atoms with Crippen LogP contribution in [-0.2, 0) is 4.79 Å². The maximum Gasteiger partial charge on any atom is 0.231 e. The number of amides is 1. The molecule has 154 valence electrons. The summed E-state index contributed by atoms with van der Waals surface area (Å²) in [7, 11) is 0. The number of thioether (sulfide) groups is 1. The minimum atomic E-state index is -0.913. The minimum Gasteiger partial charge on any atom is -0.337 e. The Balaban J connectivity index is 1.91. The van der Waals surface area contributed by atoms with Crippen LogP contribution in [0.3, 0.4) is 0 Å². The Hall–Kier alpha value is -3.18. The number of nitrogens with zero attached hydrogens (tertiary/aromatic N) is 5. The highest BCUT2D eigenvalue weighted by atomic mass is 32.2. The fourth-order valence-corrected chi connectivity index (χ4v) is 3.58. The van der Waals surface area contributed by atoms with Crippen molar-refractivity contribution in [1.29, 1.82) is 5.26 Å². The van der Waals surface area contributed by atoms with Gasteiger partial charge in [0.05, 0.1) is 17.5 Å². The molecule has 0 fully saturated rings. The third-order valence-corrected chi connectivity index (χ3v) is 5.98. The van der Waals surface area contributed by atoms with E-state index in [2.05, 4.69) is 26.6 Å². The summed E-state index contributed by atoms with van der Waals surface area (Å²) < 4.78 is 1.95. The van der Waals surface area contributed by atoms with Crippen LogP contribution in [0.1, 0.15) is 26.3 Å². The van der Waals surface area contributed by atoms with Gasteiger partial charge in [0.2, 0.25) is 5.91 Å². The molecule has 2 aromatic heterocycles. The predicted octanol–water partition coefficient (Wildman–Crippen LogP) is 3.78. The molecular formula is C22H24N6OS. The summed E-state index contributed by atoms with van der Waals surface area (Å²) in [6, 6.07) is 13.9. The Bertz CT molecular complexity index is 1070. The molecule has 30 heavy (non-hydrogen) atoms. The topological polar surface area (TPSA) is 96.5 Å². The van der Waals surface area contributed by atoms with Crippen molar-refractivity contribution in [3.8, 4) is 23.1 Å². The van der Waals surface area contributed by atoms with Gasteiger partial charge in [0.25, 0.3) is 0 Å². The van der Waals surface area contributed by atoms with E-state index in [4.69, 9.17) is 0 Å². The van der Waals surface area contributed by atoms with Gasteiger partial charge in [-0.25, -0.2) is 0 Å². The van der Waals surface area contributed by atoms with Crippen LogP contribution in [0, 0.1) is 24.2 Å². The van der Waals surface area contributed by atoms with Crippen LogP contribution in [0.5, 0.6) is 0 Å². The molecule has 0 radical (unpaired) electrons. The lowest BCUT2D eigenvalue weighted by Gasteiger charge is -2.27. The molecule has 0 saturated heterocycles. The van der Waals surface area contributed by atoms with E-state index in [0.29, 0.717) is 11.0 Å². The number of carbonyl (C=O) groups is 1. The number of benzene rings is 1. The van der Waals surface area contributed by atoms with Gasteiger partial charge in [-0.2, -0.15) is 5.26 Å². The minimum absolute atomic E-state index is 0.00892. The summed E-state index contributed by atoms with van der Waals surface area (Å²) in [5.41, 5.74) is 1.98. The molecule has 0 aliphatic carbocycles. The van der Waals surface area contributed by atoms with Crippen molar-refractivity contribution in [2.75, 3.05) is 5.75 Å². The molecule has 3 aromatic rings. The maximum absolute atomic E-state index is 12.5. The van der Waals surface area contributed by atoms with Crippen molar-refractivity contribution < 1.29 is 4.79 Å². The van der Waals surface area contributed by atoms with Gasteiger partial charge >= 0.3 is 0 Å². The number of nitriles is 1. The fraction of sp³-hybridized carbons (Fsp3) is 0.318. The van der Waals surface area contributed by atoms with Crippen molar-refractivity contribution in [3.05, 3.63) is 54.4 Å². The number of aryl methyl sites for hydroxylation is 1. The van der Waals surface area contributed by atoms with E-state index in [1.165, 1.54) is 11.8 Å². The number of aromatic nitrogens is 4. The lowest BCUT2D eigenvalue weighted by atomic mass is 9.90. The molecule has 0 aliphatic rings. The highest BCUT2D eigenvalue weighted by molar-refractivity contribution is 7.99. The Morgan fingerprint density at radius 3 is 2.57 bits per heavy atom. The van der Waals surface area contributed by atoms with Crippen molar-refractivity contribution >= 4 is 17.7 Å². The fourth-order valence-electron chi connectivity index (χ4n) is 2.84. The molecule has 0 aliphatic heterocycles. The summed E-state index contributed by atoms with van der Waals surface area (Å²) >= 11 is 1.29. The molecule has 2 heterocycles. The van der Waals surface area contributed by atoms with Crippen LogP contribution in [0.15, 0.2) is 53.9 Å². The summed E-state index contributed by atoms with van der Waals surface area (Å²) in [6.07, 6.45) is 3.42. The molecule has 8 heteroatoms. The first-order chi connectivity index (χ1) is 14.4. The van der Waals surface area contributed by atoms with Crippen LogP contribution in [0.2, 0.25) is 0 Å². The van der Waals surface area contributed by atoms with E-state index in [0.717, 1.165) is 16.8 Å². The van der Waals surface area contributed by atoms with Crippen LogP contribution in [0.25, 0.3) is 17.1 Å². The van der Waals surface area contributed by atoms with E-state index in [1.54, 1.807) is 19.3 Å². The van der Waals surface area contributed by atoms with E-state index >= 15 is 0 Å². The number of rotatable bonds is 7. The van der Waals surface area contributed by atoms with Gasteiger partial charge in [-0.3, -0.25) is 14.3 Å². The average molecular weight is 421 g/mol. The van der Waals surface area contributed by atoms with Crippen LogP contribution in [0.4, 0.5) is 0 Å². The van der Waals surface area contributed by atoms with Gasteiger partial charge in [-0.05, 0) is 43.5 Å². The van der Waals surface area contributed by atoms with Gasteiger partial charge < -0.3 is 5.32 Å². The predicted molar refractivity (Wildman–Crippen MR) is 117 cm³/mol. The maximum atomic E-state index is 12.5. The van der Waals surface area contributed by atoms with Gasteiger partial charge in [0, 0.05) is 18.0 Å². The molecule has 1 N–H and O–H groups in total. The second kappa shape index (κ2) is 9.09. The van der Waals surface area contributed by atoms with Crippen LogP contribution >= 0.6 is 11.8 Å². The molecular weight excluding hydrogens is 396 g/mol. The molecule has 1 aromatic carbocycles. The summed E-state index contributed by atoms with van der Waals surface area (Å²) in [4.78, 5) is 16.6. The number of nitrogens with one attached hydrogen (secondary N) is 1. The van der Waals surface area contributed by atoms with E-state index < -0.39 is 5.54 Å². The Morgan fingerprint density at radius 1 is 1.23 bits per heavy atom. The molecule has 0 saturated carbocycles. The molecule has 0 spiro atoms. The molecule has 1 amide bonds. The normalized spacial score (nSPS) is 12.9. The van der Waals surface area contributed by atoms with Crippen molar-refractivity contribution in [1.82, 2.24) is 25.1 Å². The monoisotopic (exact) mass is 420 g/mol. The van der Waals surface area contributed by atoms with E-state index in [1.807, 2.05) is 61.7 Å². The summed E-state index contributed by atoms with van der Waals surface area (Å²) in [5.74, 6) is 0.580. The quantitative estimate of drug-likeness (QED) is 0.584. The smallest absolute Gasteiger partial charge is 0.231 e. The molecule has 7 nitrogen and oxygen atoms in total. The first kappa shape index (κ1) is 21.5. The average Bonchev–Trinajstić information content (AvgIpc) is 3.16. The standard InChI is InChI=1S/C22H24N6OS/c1-15(2)22(4,14-23)25-19(29)13-30-21-27-26-20(17-9-11-24-12-10-17)28(21)18-8-6-5-7-16(18)3/h5-12,15H,13H2,1-4H3,(H,25,29). The number of hydrogen-bond donors (Lipinski definition) is 1. The molecule has 0 bridgehead atoms. The van der Waals surface area contributed by atoms with Crippen molar-refractivity contribution in [3.63, 3.8) is 0 Å². The summed E-state index contributed by atoms with van der Waals surface area (Å²) in [5, 5.41) is 21.6. The molecule has 3 rings (SSSR count). The summed E-state index contributed by atoms with van der Waals surface area (Å²) in [6.45, 7) is 7.57. The zero-order valence-electron chi connectivity index (χ0n) is 17.5. The van der Waals surface area contributed by atoms with Gasteiger partial charge in [0.1, 0.15) is 5.54 Å². The number of para-hydroxylation sites is 1. The Kier molecular flexibility index (Phi) is 6.53. The van der Waals surface area contributed by atoms with E-state index in [-0.39, 0.29) is 17.6 Å². The van der Waals surface area contributed by atoms with Crippen LogP contribution < -0.4 is 5.32 Å². The van der Waals surface area contributed by atoms with Crippen LogP contribution in [-0.4, -0.2) is 36.9 Å². The zero-order chi connectivity index (χ0) is 21.7. The second-order valence-electron chi connectivity index (χ2n) is 7.47. The lowest BCUT2D eigenvalue weighted by Crippen LogP contribution is -2.49. The number of pyridine rings is 1. The third-order valence-electron chi connectivity index (χ3n) is 5.05. The third kappa shape index (κ3) is 4.52. The lowest BCUT2D eigenvalue weighted by molar-refractivity contribution is -0.120. The number of carbonyl (C=O) groups excluding carboxylic acids is 1.